The van der Waals surface area contributed by atoms with Crippen LogP contribution >= 0.6 is 0 Å². The van der Waals surface area contributed by atoms with Crippen molar-refractivity contribution in [3.63, 3.8) is 0 Å². The normalized spacial score (nSPS) is 11.2. The quantitative estimate of drug-likeness (QED) is 0.708. The van der Waals surface area contributed by atoms with Gasteiger partial charge in [0, 0.05) is 23.8 Å². The summed E-state index contributed by atoms with van der Waals surface area (Å²) < 4.78 is 2.21. The highest BCUT2D eigenvalue weighted by atomic mass is 14.9. The minimum atomic E-state index is 0.554. The van der Waals surface area contributed by atoms with Crippen LogP contribution in [0.3, 0.4) is 0 Å². The Morgan fingerprint density at radius 1 is 0.778 bits per heavy atom. The molecule has 0 saturated carbocycles. The van der Waals surface area contributed by atoms with Gasteiger partial charge in [0.1, 0.15) is 0 Å². The van der Waals surface area contributed by atoms with E-state index in [9.17, 15) is 0 Å². The van der Waals surface area contributed by atoms with Crippen LogP contribution in [0.15, 0.2) is 48.8 Å². The molecule has 0 saturated heterocycles. The van der Waals surface area contributed by atoms with Crippen LogP contribution in [0, 0.1) is 0 Å². The van der Waals surface area contributed by atoms with E-state index < -0.39 is 0 Å². The van der Waals surface area contributed by atoms with Gasteiger partial charge in [-0.3, -0.25) is 0 Å². The van der Waals surface area contributed by atoms with Crippen molar-refractivity contribution in [1.29, 1.82) is 0 Å². The summed E-state index contributed by atoms with van der Waals surface area (Å²) in [7, 11) is 0. The Balaban J connectivity index is 2.50. The van der Waals surface area contributed by atoms with Gasteiger partial charge in [0.15, 0.2) is 12.4 Å². The van der Waals surface area contributed by atoms with Crippen LogP contribution in [-0.2, 0) is 0 Å². The molecular formula is C17H22N+. The molecule has 0 atom stereocenters. The summed E-state index contributed by atoms with van der Waals surface area (Å²) in [6.45, 7) is 9.04. The van der Waals surface area contributed by atoms with Crippen molar-refractivity contribution in [1.82, 2.24) is 0 Å². The maximum Gasteiger partial charge on any atom is 0.210 e. The van der Waals surface area contributed by atoms with Gasteiger partial charge in [-0.2, -0.15) is 4.57 Å². The average molecular weight is 240 g/mol. The Bertz CT molecular complexity index is 512. The Morgan fingerprint density at radius 2 is 1.39 bits per heavy atom. The lowest BCUT2D eigenvalue weighted by Crippen LogP contribution is -2.31. The fourth-order valence-corrected chi connectivity index (χ4v) is 2.29. The first-order valence-corrected chi connectivity index (χ1v) is 6.70. The fraction of sp³-hybridized carbons (Fsp3) is 0.353. The molecule has 1 heterocycles. The van der Waals surface area contributed by atoms with Crippen LogP contribution < -0.4 is 4.57 Å². The zero-order valence-corrected chi connectivity index (χ0v) is 11.7. The third-order valence-corrected chi connectivity index (χ3v) is 3.32. The standard InChI is InChI=1S/C17H22N/c1-13(2)16-10-11-18(12-17(16)14(3)4)15-8-6-5-7-9-15/h5-14H,1-4H3/q+1. The van der Waals surface area contributed by atoms with Gasteiger partial charge in [0.2, 0.25) is 5.69 Å². The zero-order valence-electron chi connectivity index (χ0n) is 11.7. The molecule has 1 aromatic heterocycles. The van der Waals surface area contributed by atoms with E-state index in [1.807, 2.05) is 0 Å². The fourth-order valence-electron chi connectivity index (χ4n) is 2.29. The number of benzene rings is 1. The molecular weight excluding hydrogens is 218 g/mol. The van der Waals surface area contributed by atoms with Crippen molar-refractivity contribution in [3.8, 4) is 5.69 Å². The van der Waals surface area contributed by atoms with Gasteiger partial charge in [0.05, 0.1) is 0 Å². The number of hydrogen-bond donors (Lipinski definition) is 0. The molecule has 0 amide bonds. The molecule has 0 spiro atoms. The van der Waals surface area contributed by atoms with E-state index in [4.69, 9.17) is 0 Å². The minimum Gasteiger partial charge on any atom is -0.167 e. The number of para-hydroxylation sites is 1. The van der Waals surface area contributed by atoms with Crippen molar-refractivity contribution in [2.45, 2.75) is 39.5 Å². The zero-order chi connectivity index (χ0) is 13.1. The van der Waals surface area contributed by atoms with Crippen LogP contribution in [0.4, 0.5) is 0 Å². The van der Waals surface area contributed by atoms with Gasteiger partial charge in [-0.05, 0) is 17.4 Å². The topological polar surface area (TPSA) is 3.88 Å². The van der Waals surface area contributed by atoms with Crippen molar-refractivity contribution in [3.05, 3.63) is 59.9 Å². The third kappa shape index (κ3) is 2.61. The van der Waals surface area contributed by atoms with E-state index in [0.717, 1.165) is 0 Å². The maximum absolute atomic E-state index is 2.27. The van der Waals surface area contributed by atoms with E-state index in [1.54, 1.807) is 0 Å². The molecule has 0 aliphatic carbocycles. The highest BCUT2D eigenvalue weighted by molar-refractivity contribution is 5.29. The van der Waals surface area contributed by atoms with Gasteiger partial charge in [-0.1, -0.05) is 45.9 Å². The summed E-state index contributed by atoms with van der Waals surface area (Å²) in [5.74, 6) is 1.13. The first kappa shape index (κ1) is 12.8. The highest BCUT2D eigenvalue weighted by Gasteiger charge is 2.15. The maximum atomic E-state index is 2.27. The SMILES string of the molecule is CC(C)c1cc[n+](-c2ccccc2)cc1C(C)C. The van der Waals surface area contributed by atoms with Gasteiger partial charge in [0.25, 0.3) is 0 Å². The van der Waals surface area contributed by atoms with Crippen molar-refractivity contribution >= 4 is 0 Å². The molecule has 0 radical (unpaired) electrons. The second-order valence-electron chi connectivity index (χ2n) is 5.41. The Morgan fingerprint density at radius 3 is 1.94 bits per heavy atom. The van der Waals surface area contributed by atoms with E-state index >= 15 is 0 Å². The number of pyridine rings is 1. The number of hydrogen-bond acceptors (Lipinski definition) is 0. The molecule has 0 unspecified atom stereocenters. The van der Waals surface area contributed by atoms with Crippen molar-refractivity contribution < 1.29 is 4.57 Å². The van der Waals surface area contributed by atoms with Crippen LogP contribution in [0.5, 0.6) is 0 Å². The number of rotatable bonds is 3. The van der Waals surface area contributed by atoms with Crippen molar-refractivity contribution in [2.24, 2.45) is 0 Å². The van der Waals surface area contributed by atoms with Gasteiger partial charge in [-0.15, -0.1) is 0 Å². The summed E-state index contributed by atoms with van der Waals surface area (Å²) in [6.07, 6.45) is 4.44. The molecule has 1 aromatic carbocycles. The number of nitrogens with zero attached hydrogens (tertiary/aromatic N) is 1. The monoisotopic (exact) mass is 240 g/mol. The summed E-state index contributed by atoms with van der Waals surface area (Å²) in [4.78, 5) is 0. The second-order valence-corrected chi connectivity index (χ2v) is 5.41. The first-order chi connectivity index (χ1) is 8.59. The van der Waals surface area contributed by atoms with Crippen LogP contribution in [0.1, 0.15) is 50.7 Å². The lowest BCUT2D eigenvalue weighted by atomic mass is 9.92. The van der Waals surface area contributed by atoms with Crippen molar-refractivity contribution in [2.75, 3.05) is 0 Å². The summed E-state index contributed by atoms with van der Waals surface area (Å²) in [5, 5.41) is 0. The van der Waals surface area contributed by atoms with Crippen LogP contribution in [0.2, 0.25) is 0 Å². The van der Waals surface area contributed by atoms with E-state index in [0.29, 0.717) is 11.8 Å². The predicted molar refractivity (Wildman–Crippen MR) is 76.2 cm³/mol. The molecule has 1 heteroatoms. The Labute approximate surface area is 110 Å². The van der Waals surface area contributed by atoms with Gasteiger partial charge >= 0.3 is 0 Å². The first-order valence-electron chi connectivity index (χ1n) is 6.70. The molecule has 0 aliphatic rings. The average Bonchev–Trinajstić information content (AvgIpc) is 2.39. The van der Waals surface area contributed by atoms with Crippen LogP contribution in [0.25, 0.3) is 5.69 Å². The predicted octanol–water partition coefficient (Wildman–Crippen LogP) is 4.21. The lowest BCUT2D eigenvalue weighted by Gasteiger charge is -2.13. The third-order valence-electron chi connectivity index (χ3n) is 3.32. The molecule has 18 heavy (non-hydrogen) atoms. The molecule has 94 valence electrons. The molecule has 0 aliphatic heterocycles. The molecule has 0 bridgehead atoms. The van der Waals surface area contributed by atoms with E-state index in [1.165, 1.54) is 16.8 Å². The molecule has 1 nitrogen and oxygen atoms in total. The molecule has 2 aromatic rings. The Hall–Kier alpha value is -1.63. The number of aromatic nitrogens is 1. The van der Waals surface area contributed by atoms with Crippen LogP contribution in [-0.4, -0.2) is 0 Å². The van der Waals surface area contributed by atoms with Gasteiger partial charge in [-0.25, -0.2) is 0 Å². The smallest absolute Gasteiger partial charge is 0.167 e. The largest absolute Gasteiger partial charge is 0.210 e. The van der Waals surface area contributed by atoms with E-state index in [-0.39, 0.29) is 0 Å². The highest BCUT2D eigenvalue weighted by Crippen LogP contribution is 2.24. The lowest BCUT2D eigenvalue weighted by molar-refractivity contribution is -0.596. The van der Waals surface area contributed by atoms with Gasteiger partial charge < -0.3 is 0 Å². The molecule has 0 fully saturated rings. The summed E-state index contributed by atoms with van der Waals surface area (Å²) in [6, 6.07) is 12.7. The minimum absolute atomic E-state index is 0.554. The molecule has 2 rings (SSSR count). The summed E-state index contributed by atoms with van der Waals surface area (Å²) in [5.41, 5.74) is 4.11. The van der Waals surface area contributed by atoms with E-state index in [2.05, 4.69) is 81.1 Å². The summed E-state index contributed by atoms with van der Waals surface area (Å²) >= 11 is 0. The second kappa shape index (κ2) is 5.34. The Kier molecular flexibility index (Phi) is 3.81. The molecule has 0 N–H and O–H groups in total.